The van der Waals surface area contributed by atoms with Crippen LogP contribution in [0.5, 0.6) is 0 Å². The van der Waals surface area contributed by atoms with Crippen LogP contribution >= 0.6 is 0 Å². The molecule has 9 nitrogen and oxygen atoms in total. The molecule has 1 aliphatic carbocycles. The molecule has 0 radical (unpaired) electrons. The second kappa shape index (κ2) is 11.9. The molecule has 0 spiro atoms. The Hall–Kier alpha value is -3.85. The summed E-state index contributed by atoms with van der Waals surface area (Å²) in [6, 6.07) is 15.4. The van der Waals surface area contributed by atoms with E-state index in [1.807, 2.05) is 47.0 Å². The molecule has 2 aliphatic rings. The van der Waals surface area contributed by atoms with Crippen LogP contribution in [0.4, 0.5) is 11.5 Å². The van der Waals surface area contributed by atoms with E-state index < -0.39 is 4.92 Å². The minimum absolute atomic E-state index is 0.0369. The van der Waals surface area contributed by atoms with E-state index in [4.69, 9.17) is 5.10 Å². The fourth-order valence-corrected chi connectivity index (χ4v) is 5.90. The van der Waals surface area contributed by atoms with Crippen LogP contribution in [0.25, 0.3) is 0 Å². The molecule has 0 bridgehead atoms. The lowest BCUT2D eigenvalue weighted by Crippen LogP contribution is -2.39. The van der Waals surface area contributed by atoms with Gasteiger partial charge in [-0.3, -0.25) is 29.3 Å². The third-order valence-corrected chi connectivity index (χ3v) is 7.98. The molecule has 3 aromatic rings. The molecule has 0 atom stereocenters. The zero-order valence-electron chi connectivity index (χ0n) is 22.4. The second-order valence-corrected chi connectivity index (χ2v) is 10.5. The zero-order valence-corrected chi connectivity index (χ0v) is 22.4. The van der Waals surface area contributed by atoms with E-state index in [9.17, 15) is 19.7 Å². The van der Waals surface area contributed by atoms with Crippen molar-refractivity contribution in [2.45, 2.75) is 44.9 Å². The Morgan fingerprint density at radius 1 is 1.00 bits per heavy atom. The van der Waals surface area contributed by atoms with Crippen molar-refractivity contribution in [2.24, 2.45) is 13.0 Å². The smallest absolute Gasteiger partial charge is 0.269 e. The number of non-ortho nitro benzene ring substituents is 1. The van der Waals surface area contributed by atoms with Crippen LogP contribution in [-0.4, -0.2) is 57.5 Å². The highest BCUT2D eigenvalue weighted by Gasteiger charge is 2.29. The highest BCUT2D eigenvalue weighted by molar-refractivity contribution is 6.06. The van der Waals surface area contributed by atoms with Crippen LogP contribution < -0.4 is 4.90 Å². The average Bonchev–Trinajstić information content (AvgIpc) is 3.31. The number of amides is 1. The van der Waals surface area contributed by atoms with Gasteiger partial charge in [0, 0.05) is 48.3 Å². The molecule has 2 heterocycles. The van der Waals surface area contributed by atoms with Gasteiger partial charge in [0.25, 0.3) is 11.6 Å². The Balaban J connectivity index is 1.26. The number of aryl methyl sites for hydroxylation is 2. The molecule has 39 heavy (non-hydrogen) atoms. The van der Waals surface area contributed by atoms with Gasteiger partial charge in [0.1, 0.15) is 5.82 Å². The Kier molecular flexibility index (Phi) is 8.16. The SMILES string of the molecule is Cn1nc2c(c1N(CCCN1CCC(C(=O)c3ccccc3)CC1)C(=O)c1ccc([N+](=O)[O-])cc1)CCCC2. The maximum atomic E-state index is 13.8. The summed E-state index contributed by atoms with van der Waals surface area (Å²) >= 11 is 0. The molecular weight excluding hydrogens is 494 g/mol. The minimum Gasteiger partial charge on any atom is -0.303 e. The molecule has 1 aliphatic heterocycles. The first-order valence-electron chi connectivity index (χ1n) is 13.8. The van der Waals surface area contributed by atoms with Gasteiger partial charge in [0.2, 0.25) is 0 Å². The average molecular weight is 530 g/mol. The number of carbonyl (C=O) groups excluding carboxylic acids is 2. The van der Waals surface area contributed by atoms with Gasteiger partial charge in [-0.2, -0.15) is 5.10 Å². The zero-order chi connectivity index (χ0) is 27.4. The number of rotatable bonds is 9. The second-order valence-electron chi connectivity index (χ2n) is 10.5. The van der Waals surface area contributed by atoms with Gasteiger partial charge in [0.05, 0.1) is 10.6 Å². The summed E-state index contributed by atoms with van der Waals surface area (Å²) in [5.74, 6) is 0.953. The van der Waals surface area contributed by atoms with Crippen molar-refractivity contribution in [1.29, 1.82) is 0 Å². The van der Waals surface area contributed by atoms with E-state index in [-0.39, 0.29) is 23.3 Å². The maximum Gasteiger partial charge on any atom is 0.269 e. The molecule has 5 rings (SSSR count). The Labute approximate surface area is 228 Å². The summed E-state index contributed by atoms with van der Waals surface area (Å²) in [4.78, 5) is 41.4. The van der Waals surface area contributed by atoms with Crippen molar-refractivity contribution >= 4 is 23.2 Å². The van der Waals surface area contributed by atoms with Gasteiger partial charge < -0.3 is 4.90 Å². The summed E-state index contributed by atoms with van der Waals surface area (Å²) in [6.45, 7) is 3.07. The molecular formula is C30H35N5O4. The van der Waals surface area contributed by atoms with Gasteiger partial charge >= 0.3 is 0 Å². The number of fused-ring (bicyclic) bond motifs is 1. The Morgan fingerprint density at radius 3 is 2.38 bits per heavy atom. The van der Waals surface area contributed by atoms with Gasteiger partial charge in [-0.05, 0) is 76.7 Å². The summed E-state index contributed by atoms with van der Waals surface area (Å²) in [6.07, 6.45) is 6.44. The molecule has 9 heteroatoms. The number of Topliss-reactive ketones (excluding diaryl/α,β-unsaturated/α-hetero) is 1. The van der Waals surface area contributed by atoms with E-state index in [1.165, 1.54) is 24.3 Å². The highest BCUT2D eigenvalue weighted by Crippen LogP contribution is 2.31. The van der Waals surface area contributed by atoms with Gasteiger partial charge in [0.15, 0.2) is 5.78 Å². The monoisotopic (exact) mass is 529 g/mol. The Morgan fingerprint density at radius 2 is 1.69 bits per heavy atom. The van der Waals surface area contributed by atoms with Gasteiger partial charge in [-0.1, -0.05) is 30.3 Å². The molecule has 2 aromatic carbocycles. The van der Waals surface area contributed by atoms with E-state index in [0.29, 0.717) is 12.1 Å². The first-order chi connectivity index (χ1) is 18.9. The van der Waals surface area contributed by atoms with Crippen LogP contribution in [0, 0.1) is 16.0 Å². The predicted molar refractivity (Wildman–Crippen MR) is 149 cm³/mol. The maximum absolute atomic E-state index is 13.8. The molecule has 0 unspecified atom stereocenters. The fourth-order valence-electron chi connectivity index (χ4n) is 5.90. The number of benzene rings is 2. The minimum atomic E-state index is -0.458. The largest absolute Gasteiger partial charge is 0.303 e. The van der Waals surface area contributed by atoms with Crippen LogP contribution in [0.1, 0.15) is 64.1 Å². The predicted octanol–water partition coefficient (Wildman–Crippen LogP) is 4.84. The topological polar surface area (TPSA) is 102 Å². The van der Waals surface area contributed by atoms with Crippen LogP contribution in [0.3, 0.4) is 0 Å². The number of anilines is 1. The summed E-state index contributed by atoms with van der Waals surface area (Å²) in [7, 11) is 1.89. The number of carbonyl (C=O) groups is 2. The normalized spacial score (nSPS) is 16.0. The van der Waals surface area contributed by atoms with E-state index in [0.717, 1.165) is 87.2 Å². The molecule has 1 aromatic heterocycles. The van der Waals surface area contributed by atoms with E-state index >= 15 is 0 Å². The third kappa shape index (κ3) is 5.93. The summed E-state index contributed by atoms with van der Waals surface area (Å²) < 4.78 is 1.82. The lowest BCUT2D eigenvalue weighted by atomic mass is 9.89. The molecule has 1 fully saturated rings. The number of aromatic nitrogens is 2. The van der Waals surface area contributed by atoms with Crippen molar-refractivity contribution in [1.82, 2.24) is 14.7 Å². The highest BCUT2D eigenvalue weighted by atomic mass is 16.6. The van der Waals surface area contributed by atoms with Crippen molar-refractivity contribution in [3.63, 3.8) is 0 Å². The molecule has 0 saturated carbocycles. The van der Waals surface area contributed by atoms with Crippen molar-refractivity contribution < 1.29 is 14.5 Å². The number of hydrogen-bond donors (Lipinski definition) is 0. The molecule has 1 amide bonds. The Bertz CT molecular complexity index is 1330. The number of likely N-dealkylation sites (tertiary alicyclic amines) is 1. The molecule has 204 valence electrons. The number of ketones is 1. The molecule has 0 N–H and O–H groups in total. The molecule has 1 saturated heterocycles. The van der Waals surface area contributed by atoms with E-state index in [1.54, 1.807) is 0 Å². The fraction of sp³-hybridized carbons (Fsp3) is 0.433. The first kappa shape index (κ1) is 26.7. The van der Waals surface area contributed by atoms with Crippen LogP contribution in [0.2, 0.25) is 0 Å². The van der Waals surface area contributed by atoms with Crippen molar-refractivity contribution in [3.8, 4) is 0 Å². The van der Waals surface area contributed by atoms with Gasteiger partial charge in [-0.15, -0.1) is 0 Å². The first-order valence-corrected chi connectivity index (χ1v) is 13.8. The van der Waals surface area contributed by atoms with Crippen molar-refractivity contribution in [2.75, 3.05) is 31.1 Å². The quantitative estimate of drug-likeness (QED) is 0.223. The number of nitrogens with zero attached hydrogens (tertiary/aromatic N) is 5. The number of nitro benzene ring substituents is 1. The van der Waals surface area contributed by atoms with Crippen LogP contribution in [0.15, 0.2) is 54.6 Å². The summed E-state index contributed by atoms with van der Waals surface area (Å²) in [5, 5.41) is 15.8. The third-order valence-electron chi connectivity index (χ3n) is 7.98. The number of nitro groups is 1. The number of piperidine rings is 1. The summed E-state index contributed by atoms with van der Waals surface area (Å²) in [5.41, 5.74) is 3.37. The lowest BCUT2D eigenvalue weighted by molar-refractivity contribution is -0.384. The van der Waals surface area contributed by atoms with Crippen LogP contribution in [-0.2, 0) is 19.9 Å². The number of hydrogen-bond acceptors (Lipinski definition) is 6. The standard InChI is InChI=1S/C30H35N5O4/c1-32-29(26-10-5-6-11-27(26)31-32)34(30(37)24-12-14-25(15-13-24)35(38)39)19-7-18-33-20-16-23(17-21-33)28(36)22-8-3-2-4-9-22/h2-4,8-9,12-15,23H,5-7,10-11,16-21H2,1H3. The van der Waals surface area contributed by atoms with Gasteiger partial charge in [-0.25, -0.2) is 0 Å². The van der Waals surface area contributed by atoms with E-state index in [2.05, 4.69) is 4.90 Å². The van der Waals surface area contributed by atoms with Crippen molar-refractivity contribution in [3.05, 3.63) is 87.1 Å². The lowest BCUT2D eigenvalue weighted by Gasteiger charge is -2.32.